The van der Waals surface area contributed by atoms with Crippen molar-refractivity contribution in [3.05, 3.63) is 28.8 Å². The molecule has 0 saturated heterocycles. The van der Waals surface area contributed by atoms with Crippen LogP contribution in [-0.4, -0.2) is 6.98 Å². The maximum absolute atomic E-state index is 12.3. The van der Waals surface area contributed by atoms with Gasteiger partial charge in [-0.2, -0.15) is 0 Å². The van der Waals surface area contributed by atoms with Crippen LogP contribution in [-0.2, 0) is 0 Å². The number of hydrogen-bond acceptors (Lipinski definition) is 0. The van der Waals surface area contributed by atoms with Gasteiger partial charge in [0.15, 0.2) is 0 Å². The molecule has 0 heterocycles. The van der Waals surface area contributed by atoms with Gasteiger partial charge in [-0.3, -0.25) is 0 Å². The van der Waals surface area contributed by atoms with Crippen molar-refractivity contribution in [1.29, 1.82) is 0 Å². The van der Waals surface area contributed by atoms with E-state index in [0.29, 0.717) is 5.92 Å². The van der Waals surface area contributed by atoms with Gasteiger partial charge in [0.05, 0.1) is 0 Å². The lowest BCUT2D eigenvalue weighted by Crippen LogP contribution is -2.33. The Morgan fingerprint density at radius 1 is 1.21 bits per heavy atom. The van der Waals surface area contributed by atoms with Gasteiger partial charge in [-0.1, -0.05) is 29.8 Å². The van der Waals surface area contributed by atoms with Crippen molar-refractivity contribution in [2.75, 3.05) is 0 Å². The van der Waals surface area contributed by atoms with Crippen molar-refractivity contribution in [3.63, 3.8) is 0 Å². The lowest BCUT2D eigenvalue weighted by atomic mass is 9.79. The zero-order chi connectivity index (χ0) is 10.3. The second-order valence-electron chi connectivity index (χ2n) is 3.63. The highest BCUT2D eigenvalue weighted by Crippen LogP contribution is 2.42. The first kappa shape index (κ1) is 9.90. The molecule has 0 aliphatic heterocycles. The Balaban J connectivity index is 2.35. The molecule has 0 atom stereocenters. The summed E-state index contributed by atoms with van der Waals surface area (Å²) >= 11 is 5.78. The summed E-state index contributed by atoms with van der Waals surface area (Å²) in [7, 11) is 0. The molecule has 5 heteroatoms. The minimum Gasteiger partial charge on any atom is -0.445 e. The van der Waals surface area contributed by atoms with E-state index in [1.54, 1.807) is 0 Å². The Kier molecular flexibility index (Phi) is 2.26. The summed E-state index contributed by atoms with van der Waals surface area (Å²) < 4.78 is 37.0. The van der Waals surface area contributed by atoms with Crippen molar-refractivity contribution < 1.29 is 12.9 Å². The van der Waals surface area contributed by atoms with E-state index in [1.165, 1.54) is 6.07 Å². The first-order chi connectivity index (χ1) is 6.48. The van der Waals surface area contributed by atoms with E-state index in [4.69, 9.17) is 11.6 Å². The first-order valence-corrected chi connectivity index (χ1v) is 4.85. The molecule has 0 unspecified atom stereocenters. The minimum atomic E-state index is -4.92. The van der Waals surface area contributed by atoms with Crippen LogP contribution in [0.15, 0.2) is 18.2 Å². The van der Waals surface area contributed by atoms with E-state index in [-0.39, 0.29) is 5.02 Å². The van der Waals surface area contributed by atoms with Gasteiger partial charge in [0.2, 0.25) is 0 Å². The van der Waals surface area contributed by atoms with E-state index in [1.807, 2.05) is 0 Å². The van der Waals surface area contributed by atoms with Crippen molar-refractivity contribution in [2.45, 2.75) is 18.8 Å². The third-order valence-corrected chi connectivity index (χ3v) is 2.75. The molecule has 0 radical (unpaired) electrons. The average Bonchev–Trinajstić information content (AvgIpc) is 2.85. The standard InChI is InChI=1S/C9H8BClF3/c11-9-5-7(10(12,13)14)3-4-8(9)6-1-2-6/h3-6H,1-2H2/q-1. The largest absolute Gasteiger partial charge is 0.509 e. The predicted octanol–water partition coefficient (Wildman–Crippen LogP) is 3.27. The second-order valence-corrected chi connectivity index (χ2v) is 4.04. The molecule has 0 N–H and O–H groups in total. The lowest BCUT2D eigenvalue weighted by Gasteiger charge is -2.16. The maximum atomic E-state index is 12.3. The zero-order valence-electron chi connectivity index (χ0n) is 7.31. The maximum Gasteiger partial charge on any atom is 0.509 e. The Morgan fingerprint density at radius 2 is 1.86 bits per heavy atom. The molecular weight excluding hydrogens is 211 g/mol. The van der Waals surface area contributed by atoms with Crippen LogP contribution in [0.4, 0.5) is 12.9 Å². The highest BCUT2D eigenvalue weighted by molar-refractivity contribution is 6.73. The molecule has 2 rings (SSSR count). The van der Waals surface area contributed by atoms with E-state index < -0.39 is 12.4 Å². The number of rotatable bonds is 2. The highest BCUT2D eigenvalue weighted by Gasteiger charge is 2.29. The van der Waals surface area contributed by atoms with Crippen LogP contribution >= 0.6 is 11.6 Å². The quantitative estimate of drug-likeness (QED) is 0.670. The zero-order valence-corrected chi connectivity index (χ0v) is 8.07. The molecule has 1 aliphatic carbocycles. The number of halogens is 4. The summed E-state index contributed by atoms with van der Waals surface area (Å²) in [5.41, 5.74) is 0.245. The van der Waals surface area contributed by atoms with Crippen LogP contribution in [0.2, 0.25) is 5.02 Å². The third kappa shape index (κ3) is 1.90. The van der Waals surface area contributed by atoms with Crippen LogP contribution in [0.5, 0.6) is 0 Å². The Hall–Kier alpha value is -0.635. The van der Waals surface area contributed by atoms with Gasteiger partial charge in [0, 0.05) is 5.02 Å². The molecule has 0 aromatic heterocycles. The molecule has 0 nitrogen and oxygen atoms in total. The Bertz CT molecular complexity index is 358. The monoisotopic (exact) mass is 219 g/mol. The smallest absolute Gasteiger partial charge is 0.445 e. The van der Waals surface area contributed by atoms with Crippen molar-refractivity contribution in [1.82, 2.24) is 0 Å². The fraction of sp³-hybridized carbons (Fsp3) is 0.333. The molecule has 0 spiro atoms. The molecule has 1 aromatic carbocycles. The summed E-state index contributed by atoms with van der Waals surface area (Å²) in [6.07, 6.45) is 2.08. The topological polar surface area (TPSA) is 0 Å². The first-order valence-electron chi connectivity index (χ1n) is 4.48. The van der Waals surface area contributed by atoms with Gasteiger partial charge >= 0.3 is 6.98 Å². The summed E-state index contributed by atoms with van der Waals surface area (Å²) in [5, 5.41) is 0.254. The van der Waals surface area contributed by atoms with E-state index >= 15 is 0 Å². The minimum absolute atomic E-state index is 0.254. The molecule has 0 bridgehead atoms. The normalized spacial score (nSPS) is 17.1. The molecule has 1 aromatic rings. The van der Waals surface area contributed by atoms with Gasteiger partial charge in [-0.05, 0) is 24.3 Å². The fourth-order valence-corrected chi connectivity index (χ4v) is 1.82. The van der Waals surface area contributed by atoms with Crippen LogP contribution < -0.4 is 5.46 Å². The molecule has 1 aliphatic rings. The molecule has 0 amide bonds. The predicted molar refractivity (Wildman–Crippen MR) is 52.1 cm³/mol. The summed E-state index contributed by atoms with van der Waals surface area (Å²) in [4.78, 5) is 0. The average molecular weight is 219 g/mol. The third-order valence-electron chi connectivity index (χ3n) is 2.42. The summed E-state index contributed by atoms with van der Waals surface area (Å²) in [6.45, 7) is -4.92. The van der Waals surface area contributed by atoms with Crippen LogP contribution in [0, 0.1) is 0 Å². The van der Waals surface area contributed by atoms with Gasteiger partial charge in [-0.25, -0.2) is 0 Å². The molecule has 1 fully saturated rings. The van der Waals surface area contributed by atoms with E-state index in [9.17, 15) is 12.9 Å². The number of benzene rings is 1. The van der Waals surface area contributed by atoms with Crippen LogP contribution in [0.25, 0.3) is 0 Å². The van der Waals surface area contributed by atoms with Crippen LogP contribution in [0.1, 0.15) is 24.3 Å². The summed E-state index contributed by atoms with van der Waals surface area (Å²) in [5.74, 6) is 0.386. The van der Waals surface area contributed by atoms with E-state index in [0.717, 1.165) is 30.5 Å². The lowest BCUT2D eigenvalue weighted by molar-refractivity contribution is 0.501. The van der Waals surface area contributed by atoms with Crippen molar-refractivity contribution in [3.8, 4) is 0 Å². The molecule has 76 valence electrons. The van der Waals surface area contributed by atoms with Gasteiger partial charge < -0.3 is 12.9 Å². The van der Waals surface area contributed by atoms with Gasteiger partial charge in [0.25, 0.3) is 0 Å². The van der Waals surface area contributed by atoms with E-state index in [2.05, 4.69) is 0 Å². The van der Waals surface area contributed by atoms with Crippen molar-refractivity contribution in [2.24, 2.45) is 0 Å². The fourth-order valence-electron chi connectivity index (χ4n) is 1.47. The highest BCUT2D eigenvalue weighted by atomic mass is 35.5. The second kappa shape index (κ2) is 3.19. The summed E-state index contributed by atoms with van der Waals surface area (Å²) in [6, 6.07) is 3.67. The molecule has 14 heavy (non-hydrogen) atoms. The van der Waals surface area contributed by atoms with Crippen LogP contribution in [0.3, 0.4) is 0 Å². The van der Waals surface area contributed by atoms with Gasteiger partial charge in [-0.15, -0.1) is 5.46 Å². The van der Waals surface area contributed by atoms with Gasteiger partial charge in [0.1, 0.15) is 0 Å². The van der Waals surface area contributed by atoms with Crippen molar-refractivity contribution >= 4 is 24.0 Å². The Labute approximate surface area is 85.1 Å². The Morgan fingerprint density at radius 3 is 2.29 bits per heavy atom. The molecule has 1 saturated carbocycles. The molecular formula is C9H8BClF3-. The SMILES string of the molecule is F[B-](F)(F)c1ccc(C2CC2)c(Cl)c1. The number of hydrogen-bond donors (Lipinski definition) is 0.